The Bertz CT molecular complexity index is 393. The zero-order valence-electron chi connectivity index (χ0n) is 7.49. The number of benzene rings is 1. The Morgan fingerprint density at radius 3 is 2.62 bits per heavy atom. The van der Waals surface area contributed by atoms with Crippen molar-refractivity contribution >= 4 is 0 Å². The van der Waals surface area contributed by atoms with E-state index in [9.17, 15) is 0 Å². The molecule has 0 saturated carbocycles. The summed E-state index contributed by atoms with van der Waals surface area (Å²) >= 11 is 0. The van der Waals surface area contributed by atoms with Crippen LogP contribution in [0.1, 0.15) is 5.56 Å². The molecule has 1 radical (unpaired) electrons. The van der Waals surface area contributed by atoms with Crippen molar-refractivity contribution in [2.45, 2.75) is 6.92 Å². The lowest BCUT2D eigenvalue weighted by Gasteiger charge is -2.00. The van der Waals surface area contributed by atoms with E-state index < -0.39 is 0 Å². The van der Waals surface area contributed by atoms with Crippen LogP contribution >= 0.6 is 0 Å². The summed E-state index contributed by atoms with van der Waals surface area (Å²) in [5.74, 6) is 0. The molecule has 0 spiro atoms. The van der Waals surface area contributed by atoms with Gasteiger partial charge in [-0.2, -0.15) is 0 Å². The molecule has 2 aromatic rings. The third-order valence-corrected chi connectivity index (χ3v) is 1.93. The van der Waals surface area contributed by atoms with Crippen LogP contribution in [0, 0.1) is 13.0 Å². The molecule has 0 aliphatic carbocycles. The molecule has 0 unspecified atom stereocenters. The highest BCUT2D eigenvalue weighted by atomic mass is 14.7. The van der Waals surface area contributed by atoms with Crippen molar-refractivity contribution < 1.29 is 0 Å². The molecule has 1 nitrogen and oxygen atoms in total. The third kappa shape index (κ3) is 1.75. The molecule has 0 aliphatic heterocycles. The Kier molecular flexibility index (Phi) is 2.09. The van der Waals surface area contributed by atoms with Crippen LogP contribution in [0.2, 0.25) is 0 Å². The molecule has 1 heterocycles. The van der Waals surface area contributed by atoms with Crippen LogP contribution < -0.4 is 0 Å². The monoisotopic (exact) mass is 168 g/mol. The predicted molar refractivity (Wildman–Crippen MR) is 53.2 cm³/mol. The molecule has 0 amide bonds. The van der Waals surface area contributed by atoms with Gasteiger partial charge in [0.25, 0.3) is 0 Å². The van der Waals surface area contributed by atoms with Crippen LogP contribution in [-0.2, 0) is 0 Å². The van der Waals surface area contributed by atoms with Gasteiger partial charge in [0, 0.05) is 11.8 Å². The zero-order valence-corrected chi connectivity index (χ0v) is 7.49. The van der Waals surface area contributed by atoms with Gasteiger partial charge in [0.1, 0.15) is 0 Å². The molecular weight excluding hydrogens is 158 g/mol. The van der Waals surface area contributed by atoms with Crippen LogP contribution in [0.3, 0.4) is 0 Å². The first-order valence-corrected chi connectivity index (χ1v) is 4.25. The smallest absolute Gasteiger partial charge is 0.0704 e. The van der Waals surface area contributed by atoms with Crippen molar-refractivity contribution in [1.29, 1.82) is 0 Å². The minimum atomic E-state index is 1.02. The van der Waals surface area contributed by atoms with E-state index in [1.807, 2.05) is 36.5 Å². The highest BCUT2D eigenvalue weighted by Crippen LogP contribution is 2.16. The van der Waals surface area contributed by atoms with Gasteiger partial charge in [0.15, 0.2) is 0 Å². The number of aromatic nitrogens is 1. The fourth-order valence-electron chi connectivity index (χ4n) is 1.25. The molecule has 1 heteroatoms. The average Bonchev–Trinajstić information content (AvgIpc) is 2.19. The molecule has 0 fully saturated rings. The van der Waals surface area contributed by atoms with Crippen molar-refractivity contribution in [1.82, 2.24) is 4.98 Å². The third-order valence-electron chi connectivity index (χ3n) is 1.93. The number of pyridine rings is 1. The second kappa shape index (κ2) is 3.40. The van der Waals surface area contributed by atoms with Gasteiger partial charge in [-0.1, -0.05) is 24.3 Å². The SMILES string of the molecule is Cc1ccnc(-c2cc[c]cc2)c1. The standard InChI is InChI=1S/C12H10N/c1-10-7-8-13-12(9-10)11-5-3-2-4-6-11/h3-9H,1H3. The van der Waals surface area contributed by atoms with Gasteiger partial charge >= 0.3 is 0 Å². The molecule has 0 bridgehead atoms. The molecule has 0 saturated heterocycles. The average molecular weight is 168 g/mol. The van der Waals surface area contributed by atoms with E-state index in [-0.39, 0.29) is 0 Å². The highest BCUT2D eigenvalue weighted by molar-refractivity contribution is 5.59. The first kappa shape index (κ1) is 7.99. The van der Waals surface area contributed by atoms with E-state index in [1.54, 1.807) is 0 Å². The molecule has 1 aromatic carbocycles. The number of aryl methyl sites for hydroxylation is 1. The number of hydrogen-bond acceptors (Lipinski definition) is 1. The second-order valence-electron chi connectivity index (χ2n) is 3.01. The molecule has 13 heavy (non-hydrogen) atoms. The highest BCUT2D eigenvalue weighted by Gasteiger charge is 1.96. The van der Waals surface area contributed by atoms with Gasteiger partial charge in [0.2, 0.25) is 0 Å². The molecule has 2 rings (SSSR count). The lowest BCUT2D eigenvalue weighted by molar-refractivity contribution is 1.29. The summed E-state index contributed by atoms with van der Waals surface area (Å²) in [5, 5.41) is 0. The van der Waals surface area contributed by atoms with Crippen LogP contribution in [-0.4, -0.2) is 4.98 Å². The Balaban J connectivity index is 2.48. The maximum Gasteiger partial charge on any atom is 0.0704 e. The summed E-state index contributed by atoms with van der Waals surface area (Å²) in [6, 6.07) is 14.9. The van der Waals surface area contributed by atoms with Gasteiger partial charge in [-0.05, 0) is 30.7 Å². The van der Waals surface area contributed by atoms with Crippen LogP contribution in [0.4, 0.5) is 0 Å². The minimum Gasteiger partial charge on any atom is -0.256 e. The minimum absolute atomic E-state index is 1.02. The predicted octanol–water partition coefficient (Wildman–Crippen LogP) is 2.86. The molecule has 63 valence electrons. The lowest BCUT2D eigenvalue weighted by Crippen LogP contribution is -1.83. The van der Waals surface area contributed by atoms with Crippen molar-refractivity contribution in [2.24, 2.45) is 0 Å². The molecule has 1 aromatic heterocycles. The van der Waals surface area contributed by atoms with Crippen molar-refractivity contribution in [2.75, 3.05) is 0 Å². The summed E-state index contributed by atoms with van der Waals surface area (Å²) in [4.78, 5) is 4.30. The normalized spacial score (nSPS) is 9.92. The summed E-state index contributed by atoms with van der Waals surface area (Å²) in [6.07, 6.45) is 1.83. The van der Waals surface area contributed by atoms with Crippen LogP contribution in [0.5, 0.6) is 0 Å². The first-order valence-electron chi connectivity index (χ1n) is 4.25. The summed E-state index contributed by atoms with van der Waals surface area (Å²) in [6.45, 7) is 2.07. The van der Waals surface area contributed by atoms with Gasteiger partial charge < -0.3 is 0 Å². The second-order valence-corrected chi connectivity index (χ2v) is 3.01. The quantitative estimate of drug-likeness (QED) is 0.638. The first-order chi connectivity index (χ1) is 6.36. The maximum atomic E-state index is 4.30. The van der Waals surface area contributed by atoms with E-state index >= 15 is 0 Å². The number of hydrogen-bond donors (Lipinski definition) is 0. The van der Waals surface area contributed by atoms with Crippen molar-refractivity contribution in [3.05, 3.63) is 54.2 Å². The van der Waals surface area contributed by atoms with E-state index in [4.69, 9.17) is 0 Å². The molecular formula is C12H10N. The molecule has 0 atom stereocenters. The Labute approximate surface area is 78.1 Å². The van der Waals surface area contributed by atoms with Gasteiger partial charge in [0.05, 0.1) is 5.69 Å². The molecule has 0 N–H and O–H groups in total. The Morgan fingerprint density at radius 1 is 1.15 bits per heavy atom. The number of nitrogens with zero attached hydrogens (tertiary/aromatic N) is 1. The summed E-state index contributed by atoms with van der Waals surface area (Å²) < 4.78 is 0. The van der Waals surface area contributed by atoms with E-state index in [2.05, 4.69) is 24.0 Å². The maximum absolute atomic E-state index is 4.30. The fraction of sp³-hybridized carbons (Fsp3) is 0.0833. The lowest BCUT2D eigenvalue weighted by atomic mass is 10.1. The topological polar surface area (TPSA) is 12.9 Å². The zero-order chi connectivity index (χ0) is 9.10. The van der Waals surface area contributed by atoms with Crippen molar-refractivity contribution in [3.8, 4) is 11.3 Å². The van der Waals surface area contributed by atoms with E-state index in [1.165, 1.54) is 5.56 Å². The number of rotatable bonds is 1. The summed E-state index contributed by atoms with van der Waals surface area (Å²) in [7, 11) is 0. The summed E-state index contributed by atoms with van der Waals surface area (Å²) in [5.41, 5.74) is 3.40. The van der Waals surface area contributed by atoms with Crippen LogP contribution in [0.25, 0.3) is 11.3 Å². The fourth-order valence-corrected chi connectivity index (χ4v) is 1.25. The van der Waals surface area contributed by atoms with Gasteiger partial charge in [-0.3, -0.25) is 4.98 Å². The van der Waals surface area contributed by atoms with Crippen molar-refractivity contribution in [3.63, 3.8) is 0 Å². The Hall–Kier alpha value is -1.63. The van der Waals surface area contributed by atoms with Gasteiger partial charge in [-0.15, -0.1) is 0 Å². The largest absolute Gasteiger partial charge is 0.256 e. The van der Waals surface area contributed by atoms with Crippen LogP contribution in [0.15, 0.2) is 42.6 Å². The Morgan fingerprint density at radius 2 is 1.92 bits per heavy atom. The molecule has 0 aliphatic rings. The van der Waals surface area contributed by atoms with Gasteiger partial charge in [-0.25, -0.2) is 0 Å². The van der Waals surface area contributed by atoms with E-state index in [0.717, 1.165) is 11.3 Å². The van der Waals surface area contributed by atoms with E-state index in [0.29, 0.717) is 0 Å².